The van der Waals surface area contributed by atoms with E-state index >= 15 is 0 Å². The average molecular weight is 214 g/mol. The van der Waals surface area contributed by atoms with E-state index in [4.69, 9.17) is 5.73 Å². The Morgan fingerprint density at radius 1 is 1.31 bits per heavy atom. The van der Waals surface area contributed by atoms with E-state index in [2.05, 4.69) is 35.9 Å². The van der Waals surface area contributed by atoms with Gasteiger partial charge in [0.1, 0.15) is 0 Å². The minimum Gasteiger partial charge on any atom is -0.347 e. The average Bonchev–Trinajstić information content (AvgIpc) is 3.06. The molecule has 0 spiro atoms. The number of hydrogen-bond acceptors (Lipinski definition) is 1. The molecule has 16 heavy (non-hydrogen) atoms. The number of nitrogens with two attached hydrogens (primary N) is 1. The topological polar surface area (TPSA) is 30.9 Å². The molecule has 2 heteroatoms. The Labute approximate surface area is 96.1 Å². The highest BCUT2D eigenvalue weighted by Gasteiger charge is 2.26. The molecule has 1 fully saturated rings. The fraction of sp³-hybridized carbons (Fsp3) is 0.429. The lowest BCUT2D eigenvalue weighted by Gasteiger charge is -2.02. The van der Waals surface area contributed by atoms with Crippen LogP contribution in [0.2, 0.25) is 0 Å². The summed E-state index contributed by atoms with van der Waals surface area (Å²) >= 11 is 0. The Morgan fingerprint density at radius 2 is 2.12 bits per heavy atom. The Morgan fingerprint density at radius 3 is 2.81 bits per heavy atom. The molecule has 0 bridgehead atoms. The first kappa shape index (κ1) is 9.91. The van der Waals surface area contributed by atoms with Crippen LogP contribution in [-0.4, -0.2) is 11.1 Å². The van der Waals surface area contributed by atoms with E-state index < -0.39 is 0 Å². The minimum atomic E-state index is 0.730. The van der Waals surface area contributed by atoms with Gasteiger partial charge < -0.3 is 10.3 Å². The Balaban J connectivity index is 2.09. The van der Waals surface area contributed by atoms with E-state index in [0.717, 1.165) is 18.9 Å². The smallest absolute Gasteiger partial charge is 0.0480 e. The SMILES string of the molecule is Cn1c(C2CC2)cc2cc(CCN)ccc21. The third-order valence-electron chi connectivity index (χ3n) is 3.57. The van der Waals surface area contributed by atoms with Gasteiger partial charge in [0.25, 0.3) is 0 Å². The van der Waals surface area contributed by atoms with Crippen LogP contribution >= 0.6 is 0 Å². The van der Waals surface area contributed by atoms with Crippen LogP contribution in [0.5, 0.6) is 0 Å². The van der Waals surface area contributed by atoms with Gasteiger partial charge in [-0.3, -0.25) is 0 Å². The molecule has 1 aliphatic carbocycles. The molecule has 84 valence electrons. The number of fused-ring (bicyclic) bond motifs is 1. The summed E-state index contributed by atoms with van der Waals surface area (Å²) < 4.78 is 2.35. The second-order valence-electron chi connectivity index (χ2n) is 4.83. The highest BCUT2D eigenvalue weighted by atomic mass is 15.0. The molecule has 0 aliphatic heterocycles. The Kier molecular flexibility index (Phi) is 2.25. The summed E-state index contributed by atoms with van der Waals surface area (Å²) in [5.74, 6) is 0.815. The normalized spacial score (nSPS) is 15.9. The lowest BCUT2D eigenvalue weighted by Crippen LogP contribution is -2.02. The summed E-state index contributed by atoms with van der Waals surface area (Å²) in [5, 5.41) is 1.37. The second kappa shape index (κ2) is 3.63. The first-order valence-electron chi connectivity index (χ1n) is 6.08. The molecule has 1 aliphatic rings. The highest BCUT2D eigenvalue weighted by molar-refractivity contribution is 5.82. The van der Waals surface area contributed by atoms with Crippen LogP contribution in [0.1, 0.15) is 30.0 Å². The highest BCUT2D eigenvalue weighted by Crippen LogP contribution is 2.41. The van der Waals surface area contributed by atoms with Gasteiger partial charge in [0, 0.05) is 23.6 Å². The monoisotopic (exact) mass is 214 g/mol. The van der Waals surface area contributed by atoms with E-state index in [0.29, 0.717) is 0 Å². The Hall–Kier alpha value is -1.28. The molecule has 0 amide bonds. The molecule has 0 radical (unpaired) electrons. The predicted octanol–water partition coefficient (Wildman–Crippen LogP) is 2.56. The second-order valence-corrected chi connectivity index (χ2v) is 4.83. The summed E-state index contributed by atoms with van der Waals surface area (Å²) in [5.41, 5.74) is 9.79. The maximum Gasteiger partial charge on any atom is 0.0480 e. The van der Waals surface area contributed by atoms with E-state index in [9.17, 15) is 0 Å². The van der Waals surface area contributed by atoms with Crippen molar-refractivity contribution in [3.63, 3.8) is 0 Å². The number of nitrogens with zero attached hydrogens (tertiary/aromatic N) is 1. The fourth-order valence-corrected chi connectivity index (χ4v) is 2.51. The zero-order chi connectivity index (χ0) is 11.1. The lowest BCUT2D eigenvalue weighted by atomic mass is 10.1. The molecule has 3 rings (SSSR count). The maximum absolute atomic E-state index is 5.59. The van der Waals surface area contributed by atoms with Crippen LogP contribution in [0.15, 0.2) is 24.3 Å². The largest absolute Gasteiger partial charge is 0.347 e. The van der Waals surface area contributed by atoms with Crippen molar-refractivity contribution in [1.29, 1.82) is 0 Å². The summed E-state index contributed by atoms with van der Waals surface area (Å²) in [6.45, 7) is 0.730. The minimum absolute atomic E-state index is 0.730. The number of rotatable bonds is 3. The van der Waals surface area contributed by atoms with Crippen LogP contribution in [0.25, 0.3) is 10.9 Å². The van der Waals surface area contributed by atoms with Crippen LogP contribution in [0, 0.1) is 0 Å². The van der Waals surface area contributed by atoms with Crippen molar-refractivity contribution in [2.75, 3.05) is 6.54 Å². The van der Waals surface area contributed by atoms with Gasteiger partial charge in [0.05, 0.1) is 0 Å². The van der Waals surface area contributed by atoms with Gasteiger partial charge in [0.2, 0.25) is 0 Å². The summed E-state index contributed by atoms with van der Waals surface area (Å²) in [6, 6.07) is 9.07. The van der Waals surface area contributed by atoms with E-state index in [1.54, 1.807) is 0 Å². The molecule has 1 aromatic carbocycles. The van der Waals surface area contributed by atoms with Crippen molar-refractivity contribution >= 4 is 10.9 Å². The van der Waals surface area contributed by atoms with Crippen LogP contribution in [0.4, 0.5) is 0 Å². The van der Waals surface area contributed by atoms with Gasteiger partial charge in [-0.1, -0.05) is 6.07 Å². The van der Waals surface area contributed by atoms with Gasteiger partial charge in [-0.25, -0.2) is 0 Å². The maximum atomic E-state index is 5.59. The predicted molar refractivity (Wildman–Crippen MR) is 67.7 cm³/mol. The zero-order valence-corrected chi connectivity index (χ0v) is 9.74. The standard InChI is InChI=1S/C14H18N2/c1-16-13-5-2-10(6-7-15)8-12(13)9-14(16)11-3-4-11/h2,5,8-9,11H,3-4,6-7,15H2,1H3. The van der Waals surface area contributed by atoms with E-state index in [1.165, 1.54) is 35.0 Å². The number of hydrogen-bond donors (Lipinski definition) is 1. The van der Waals surface area contributed by atoms with E-state index in [1.807, 2.05) is 0 Å². The molecular formula is C14H18N2. The molecule has 1 aromatic heterocycles. The lowest BCUT2D eigenvalue weighted by molar-refractivity contribution is 0.857. The fourth-order valence-electron chi connectivity index (χ4n) is 2.51. The van der Waals surface area contributed by atoms with Crippen molar-refractivity contribution in [1.82, 2.24) is 4.57 Å². The third kappa shape index (κ3) is 1.54. The molecule has 1 heterocycles. The molecule has 2 nitrogen and oxygen atoms in total. The van der Waals surface area contributed by atoms with Crippen LogP contribution in [-0.2, 0) is 13.5 Å². The van der Waals surface area contributed by atoms with Crippen molar-refractivity contribution in [3.05, 3.63) is 35.5 Å². The van der Waals surface area contributed by atoms with Crippen molar-refractivity contribution in [3.8, 4) is 0 Å². The quantitative estimate of drug-likeness (QED) is 0.836. The molecular weight excluding hydrogens is 196 g/mol. The number of aryl methyl sites for hydroxylation is 1. The summed E-state index contributed by atoms with van der Waals surface area (Å²) in [4.78, 5) is 0. The molecule has 0 atom stereocenters. The summed E-state index contributed by atoms with van der Waals surface area (Å²) in [7, 11) is 2.18. The van der Waals surface area contributed by atoms with Crippen molar-refractivity contribution in [2.24, 2.45) is 12.8 Å². The van der Waals surface area contributed by atoms with E-state index in [-0.39, 0.29) is 0 Å². The van der Waals surface area contributed by atoms with Gasteiger partial charge in [0.15, 0.2) is 0 Å². The molecule has 0 unspecified atom stereocenters. The van der Waals surface area contributed by atoms with Gasteiger partial charge in [-0.2, -0.15) is 0 Å². The molecule has 1 saturated carbocycles. The van der Waals surface area contributed by atoms with Crippen LogP contribution in [0.3, 0.4) is 0 Å². The number of benzene rings is 1. The van der Waals surface area contributed by atoms with Gasteiger partial charge >= 0.3 is 0 Å². The third-order valence-corrected chi connectivity index (χ3v) is 3.57. The first-order chi connectivity index (χ1) is 7.79. The zero-order valence-electron chi connectivity index (χ0n) is 9.74. The Bertz CT molecular complexity index is 521. The van der Waals surface area contributed by atoms with Crippen LogP contribution < -0.4 is 5.73 Å². The van der Waals surface area contributed by atoms with Gasteiger partial charge in [-0.05, 0) is 55.5 Å². The van der Waals surface area contributed by atoms with Crippen molar-refractivity contribution in [2.45, 2.75) is 25.2 Å². The molecule has 2 N–H and O–H groups in total. The molecule has 2 aromatic rings. The first-order valence-corrected chi connectivity index (χ1v) is 6.08. The summed E-state index contributed by atoms with van der Waals surface area (Å²) in [6.07, 6.45) is 3.70. The number of aromatic nitrogens is 1. The molecule has 0 saturated heterocycles. The van der Waals surface area contributed by atoms with Crippen molar-refractivity contribution < 1.29 is 0 Å². The van der Waals surface area contributed by atoms with Gasteiger partial charge in [-0.15, -0.1) is 0 Å².